The molecular formula is C23H17N3O4. The van der Waals surface area contributed by atoms with E-state index < -0.39 is 5.66 Å². The van der Waals surface area contributed by atoms with Gasteiger partial charge in [0.25, 0.3) is 11.8 Å². The third kappa shape index (κ3) is 2.14. The number of carbonyl (C=O) groups excluding carboxylic acids is 2. The Kier molecular flexibility index (Phi) is 3.38. The summed E-state index contributed by atoms with van der Waals surface area (Å²) in [7, 11) is 0. The van der Waals surface area contributed by atoms with E-state index in [1.54, 1.807) is 24.3 Å². The molecule has 2 amide bonds. The Balaban J connectivity index is 1.63. The summed E-state index contributed by atoms with van der Waals surface area (Å²) < 4.78 is 11.4. The first-order valence-electron chi connectivity index (χ1n) is 9.71. The summed E-state index contributed by atoms with van der Waals surface area (Å²) in [5.41, 5.74) is 1.48. The van der Waals surface area contributed by atoms with Gasteiger partial charge in [0.05, 0.1) is 11.3 Å². The number of ether oxygens (including phenoxy) is 2. The van der Waals surface area contributed by atoms with E-state index in [0.29, 0.717) is 52.9 Å². The summed E-state index contributed by atoms with van der Waals surface area (Å²) in [5, 5.41) is 6.29. The Morgan fingerprint density at radius 2 is 1.53 bits per heavy atom. The van der Waals surface area contributed by atoms with Crippen molar-refractivity contribution in [3.8, 4) is 11.5 Å². The van der Waals surface area contributed by atoms with Gasteiger partial charge in [0.15, 0.2) is 11.5 Å². The van der Waals surface area contributed by atoms with Crippen molar-refractivity contribution in [2.75, 3.05) is 28.7 Å². The molecule has 3 aliphatic rings. The highest BCUT2D eigenvalue weighted by molar-refractivity contribution is 6.22. The highest BCUT2D eigenvalue weighted by atomic mass is 16.6. The van der Waals surface area contributed by atoms with Crippen molar-refractivity contribution in [1.29, 1.82) is 0 Å². The SMILES string of the molecule is O=C1c2ccccc2N[C@@]2(C(=O)Nc3cc4c(cc32)OCCO4)N1c1ccccc1. The second kappa shape index (κ2) is 6.00. The first-order chi connectivity index (χ1) is 14.7. The van der Waals surface area contributed by atoms with Crippen LogP contribution in [-0.4, -0.2) is 25.0 Å². The van der Waals surface area contributed by atoms with E-state index in [1.165, 1.54) is 4.90 Å². The lowest BCUT2D eigenvalue weighted by molar-refractivity contribution is -0.119. The van der Waals surface area contributed by atoms with Crippen LogP contribution in [0.4, 0.5) is 17.1 Å². The van der Waals surface area contributed by atoms with Crippen LogP contribution < -0.4 is 25.0 Å². The van der Waals surface area contributed by atoms with Gasteiger partial charge in [-0.3, -0.25) is 14.5 Å². The van der Waals surface area contributed by atoms with Gasteiger partial charge in [-0.25, -0.2) is 0 Å². The molecule has 1 atom stereocenters. The molecule has 148 valence electrons. The maximum atomic E-state index is 13.7. The molecule has 6 rings (SSSR count). The summed E-state index contributed by atoms with van der Waals surface area (Å²) in [6.45, 7) is 0.878. The fraction of sp³-hybridized carbons (Fsp3) is 0.130. The van der Waals surface area contributed by atoms with Crippen LogP contribution in [0.1, 0.15) is 15.9 Å². The van der Waals surface area contributed by atoms with Crippen LogP contribution in [0.3, 0.4) is 0 Å². The predicted molar refractivity (Wildman–Crippen MR) is 111 cm³/mol. The van der Waals surface area contributed by atoms with Crippen molar-refractivity contribution >= 4 is 28.9 Å². The first kappa shape index (κ1) is 16.9. The highest BCUT2D eigenvalue weighted by Gasteiger charge is 2.57. The minimum absolute atomic E-state index is 0.256. The largest absolute Gasteiger partial charge is 0.486 e. The van der Waals surface area contributed by atoms with Gasteiger partial charge in [-0.15, -0.1) is 0 Å². The van der Waals surface area contributed by atoms with Crippen molar-refractivity contribution in [2.45, 2.75) is 5.66 Å². The average Bonchev–Trinajstić information content (AvgIpc) is 3.03. The Morgan fingerprint density at radius 3 is 2.33 bits per heavy atom. The van der Waals surface area contributed by atoms with Gasteiger partial charge < -0.3 is 20.1 Å². The third-order valence-electron chi connectivity index (χ3n) is 5.67. The lowest BCUT2D eigenvalue weighted by atomic mass is 9.92. The Labute approximate surface area is 172 Å². The van der Waals surface area contributed by atoms with Crippen molar-refractivity contribution in [2.24, 2.45) is 0 Å². The number of hydrogen-bond donors (Lipinski definition) is 2. The zero-order chi connectivity index (χ0) is 20.3. The molecule has 7 nitrogen and oxygen atoms in total. The summed E-state index contributed by atoms with van der Waals surface area (Å²) in [6, 6.07) is 19.9. The Hall–Kier alpha value is -4.00. The number of hydrogen-bond acceptors (Lipinski definition) is 5. The third-order valence-corrected chi connectivity index (χ3v) is 5.67. The number of amides is 2. The molecular weight excluding hydrogens is 382 g/mol. The zero-order valence-corrected chi connectivity index (χ0v) is 15.8. The predicted octanol–water partition coefficient (Wildman–Crippen LogP) is 3.34. The van der Waals surface area contributed by atoms with Crippen LogP contribution in [0.25, 0.3) is 0 Å². The van der Waals surface area contributed by atoms with Crippen molar-refractivity contribution in [3.63, 3.8) is 0 Å². The second-order valence-electron chi connectivity index (χ2n) is 7.35. The molecule has 0 saturated heterocycles. The lowest BCUT2D eigenvalue weighted by Gasteiger charge is -2.44. The molecule has 0 aromatic heterocycles. The number of para-hydroxylation sites is 2. The Morgan fingerprint density at radius 1 is 0.833 bits per heavy atom. The summed E-state index contributed by atoms with van der Waals surface area (Å²) in [5.74, 6) is 0.531. The molecule has 3 heterocycles. The van der Waals surface area contributed by atoms with Gasteiger partial charge in [0.2, 0.25) is 5.66 Å². The van der Waals surface area contributed by atoms with E-state index in [2.05, 4.69) is 10.6 Å². The van der Waals surface area contributed by atoms with Gasteiger partial charge in [0, 0.05) is 23.0 Å². The van der Waals surface area contributed by atoms with Crippen LogP contribution in [0.5, 0.6) is 11.5 Å². The lowest BCUT2D eigenvalue weighted by Crippen LogP contribution is -2.61. The van der Waals surface area contributed by atoms with Crippen LogP contribution in [0, 0.1) is 0 Å². The maximum Gasteiger partial charge on any atom is 0.276 e. The molecule has 0 bridgehead atoms. The van der Waals surface area contributed by atoms with Crippen LogP contribution in [0.15, 0.2) is 66.7 Å². The fourth-order valence-electron chi connectivity index (χ4n) is 4.36. The van der Waals surface area contributed by atoms with Gasteiger partial charge in [-0.1, -0.05) is 30.3 Å². The summed E-state index contributed by atoms with van der Waals surface area (Å²) >= 11 is 0. The molecule has 1 spiro atoms. The monoisotopic (exact) mass is 399 g/mol. The van der Waals surface area contributed by atoms with Crippen molar-refractivity contribution in [1.82, 2.24) is 0 Å². The topological polar surface area (TPSA) is 79.9 Å². The average molecular weight is 399 g/mol. The molecule has 3 aromatic rings. The molecule has 0 unspecified atom stereocenters. The smallest absolute Gasteiger partial charge is 0.276 e. The molecule has 3 aromatic carbocycles. The maximum absolute atomic E-state index is 13.7. The fourth-order valence-corrected chi connectivity index (χ4v) is 4.36. The Bertz CT molecular complexity index is 1210. The van der Waals surface area contributed by atoms with E-state index in [0.717, 1.165) is 0 Å². The number of nitrogens with one attached hydrogen (secondary N) is 2. The molecule has 2 N–H and O–H groups in total. The van der Waals surface area contributed by atoms with Gasteiger partial charge in [-0.05, 0) is 30.3 Å². The zero-order valence-electron chi connectivity index (χ0n) is 15.8. The van der Waals surface area contributed by atoms with Gasteiger partial charge in [-0.2, -0.15) is 0 Å². The van der Waals surface area contributed by atoms with E-state index >= 15 is 0 Å². The number of nitrogens with zero attached hydrogens (tertiary/aromatic N) is 1. The van der Waals surface area contributed by atoms with Crippen molar-refractivity contribution in [3.05, 3.63) is 77.9 Å². The normalized spacial score (nSPS) is 21.0. The number of benzene rings is 3. The van der Waals surface area contributed by atoms with Gasteiger partial charge in [0.1, 0.15) is 13.2 Å². The van der Waals surface area contributed by atoms with Crippen molar-refractivity contribution < 1.29 is 19.1 Å². The molecule has 7 heteroatoms. The summed E-state index contributed by atoms with van der Waals surface area (Å²) in [4.78, 5) is 28.7. The molecule has 0 fully saturated rings. The van der Waals surface area contributed by atoms with Crippen LogP contribution in [-0.2, 0) is 10.5 Å². The summed E-state index contributed by atoms with van der Waals surface area (Å²) in [6.07, 6.45) is 0. The van der Waals surface area contributed by atoms with Crippen LogP contribution >= 0.6 is 0 Å². The molecule has 0 aliphatic carbocycles. The number of rotatable bonds is 1. The van der Waals surface area contributed by atoms with Crippen LogP contribution in [0.2, 0.25) is 0 Å². The molecule has 0 radical (unpaired) electrons. The quantitative estimate of drug-likeness (QED) is 0.656. The van der Waals surface area contributed by atoms with E-state index in [-0.39, 0.29) is 11.8 Å². The number of carbonyl (C=O) groups is 2. The minimum atomic E-state index is -1.45. The minimum Gasteiger partial charge on any atom is -0.486 e. The molecule has 30 heavy (non-hydrogen) atoms. The molecule has 0 saturated carbocycles. The second-order valence-corrected chi connectivity index (χ2v) is 7.35. The van der Waals surface area contributed by atoms with Gasteiger partial charge >= 0.3 is 0 Å². The van der Waals surface area contributed by atoms with E-state index in [9.17, 15) is 9.59 Å². The highest BCUT2D eigenvalue weighted by Crippen LogP contribution is 2.50. The standard InChI is InChI=1S/C23H17N3O4/c27-21-15-8-4-5-9-17(15)25-23(26(21)14-6-2-1-3-7-14)16-12-19-20(30-11-10-29-19)13-18(16)24-22(23)28/h1-9,12-13,25H,10-11H2,(H,24,28)/t23-/m1/s1. The number of anilines is 3. The van der Waals surface area contributed by atoms with E-state index in [4.69, 9.17) is 9.47 Å². The first-order valence-corrected chi connectivity index (χ1v) is 9.71. The molecule has 3 aliphatic heterocycles. The van der Waals surface area contributed by atoms with E-state index in [1.807, 2.05) is 42.5 Å². The number of fused-ring (bicyclic) bond motifs is 4.